The number of benzene rings is 1. The average molecular weight is 215 g/mol. The molecule has 0 saturated carbocycles. The van der Waals surface area contributed by atoms with Crippen molar-refractivity contribution in [3.05, 3.63) is 41.7 Å². The van der Waals surface area contributed by atoms with E-state index in [9.17, 15) is 0 Å². The molecule has 1 aromatic carbocycles. The molecule has 0 radical (unpaired) electrons. The smallest absolute Gasteiger partial charge is 0.165 e. The SMILES string of the molecule is c1ccc(CN2CCn3nnnc3C2)cc1. The lowest BCUT2D eigenvalue weighted by Crippen LogP contribution is -2.33. The van der Waals surface area contributed by atoms with Gasteiger partial charge in [-0.3, -0.25) is 4.90 Å². The highest BCUT2D eigenvalue weighted by atomic mass is 15.6. The summed E-state index contributed by atoms with van der Waals surface area (Å²) in [5, 5.41) is 11.6. The first-order chi connectivity index (χ1) is 7.92. The largest absolute Gasteiger partial charge is 0.290 e. The molecule has 0 saturated heterocycles. The van der Waals surface area contributed by atoms with E-state index in [1.165, 1.54) is 5.56 Å². The fourth-order valence-corrected chi connectivity index (χ4v) is 2.00. The minimum Gasteiger partial charge on any atom is -0.290 e. The summed E-state index contributed by atoms with van der Waals surface area (Å²) in [6, 6.07) is 10.5. The third-order valence-electron chi connectivity index (χ3n) is 2.85. The predicted octanol–water partition coefficient (Wildman–Crippen LogP) is 0.689. The van der Waals surface area contributed by atoms with Crippen molar-refractivity contribution < 1.29 is 0 Å². The maximum Gasteiger partial charge on any atom is 0.165 e. The number of rotatable bonds is 2. The Balaban J connectivity index is 1.71. The summed E-state index contributed by atoms with van der Waals surface area (Å²) in [5.41, 5.74) is 1.34. The molecule has 82 valence electrons. The van der Waals surface area contributed by atoms with Gasteiger partial charge in [0.25, 0.3) is 0 Å². The Labute approximate surface area is 93.7 Å². The fraction of sp³-hybridized carbons (Fsp3) is 0.364. The highest BCUT2D eigenvalue weighted by molar-refractivity contribution is 5.14. The second-order valence-electron chi connectivity index (χ2n) is 4.01. The van der Waals surface area contributed by atoms with Gasteiger partial charge in [0.15, 0.2) is 5.82 Å². The maximum absolute atomic E-state index is 4.01. The summed E-state index contributed by atoms with van der Waals surface area (Å²) in [7, 11) is 0. The Morgan fingerprint density at radius 2 is 2.00 bits per heavy atom. The number of nitrogens with zero attached hydrogens (tertiary/aromatic N) is 5. The molecular weight excluding hydrogens is 202 g/mol. The second-order valence-corrected chi connectivity index (χ2v) is 4.01. The Bertz CT molecular complexity index is 464. The Morgan fingerprint density at radius 3 is 2.88 bits per heavy atom. The van der Waals surface area contributed by atoms with E-state index in [1.54, 1.807) is 0 Å². The highest BCUT2D eigenvalue weighted by Gasteiger charge is 2.18. The van der Waals surface area contributed by atoms with Crippen LogP contribution in [-0.4, -0.2) is 31.7 Å². The van der Waals surface area contributed by atoms with Gasteiger partial charge in [-0.1, -0.05) is 30.3 Å². The molecule has 5 heteroatoms. The van der Waals surface area contributed by atoms with Gasteiger partial charge in [0, 0.05) is 13.1 Å². The van der Waals surface area contributed by atoms with Crippen molar-refractivity contribution >= 4 is 0 Å². The summed E-state index contributed by atoms with van der Waals surface area (Å²) in [5.74, 6) is 0.960. The van der Waals surface area contributed by atoms with Crippen molar-refractivity contribution in [3.63, 3.8) is 0 Å². The van der Waals surface area contributed by atoms with Crippen LogP contribution < -0.4 is 0 Å². The first-order valence-electron chi connectivity index (χ1n) is 5.43. The zero-order chi connectivity index (χ0) is 10.8. The van der Waals surface area contributed by atoms with E-state index in [-0.39, 0.29) is 0 Å². The minimum absolute atomic E-state index is 0.835. The topological polar surface area (TPSA) is 46.8 Å². The lowest BCUT2D eigenvalue weighted by Gasteiger charge is -2.25. The van der Waals surface area contributed by atoms with Gasteiger partial charge in [0.1, 0.15) is 0 Å². The third-order valence-corrected chi connectivity index (χ3v) is 2.85. The number of hydrogen-bond acceptors (Lipinski definition) is 4. The van der Waals surface area contributed by atoms with Gasteiger partial charge in [-0.05, 0) is 16.0 Å². The highest BCUT2D eigenvalue weighted by Crippen LogP contribution is 2.11. The molecule has 3 rings (SSSR count). The zero-order valence-electron chi connectivity index (χ0n) is 8.95. The predicted molar refractivity (Wildman–Crippen MR) is 58.4 cm³/mol. The molecule has 0 amide bonds. The summed E-state index contributed by atoms with van der Waals surface area (Å²) < 4.78 is 1.88. The molecule has 0 unspecified atom stereocenters. The van der Waals surface area contributed by atoms with Gasteiger partial charge in [-0.2, -0.15) is 0 Å². The summed E-state index contributed by atoms with van der Waals surface area (Å²) in [4.78, 5) is 2.36. The van der Waals surface area contributed by atoms with Crippen molar-refractivity contribution in [3.8, 4) is 0 Å². The third kappa shape index (κ3) is 1.81. The molecule has 5 nitrogen and oxygen atoms in total. The van der Waals surface area contributed by atoms with E-state index in [1.807, 2.05) is 10.7 Å². The molecule has 2 heterocycles. The molecule has 0 atom stereocenters. The number of tetrazole rings is 1. The lowest BCUT2D eigenvalue weighted by molar-refractivity contribution is 0.201. The van der Waals surface area contributed by atoms with Crippen molar-refractivity contribution in [2.24, 2.45) is 0 Å². The Hall–Kier alpha value is -1.75. The molecule has 0 N–H and O–H groups in total. The van der Waals surface area contributed by atoms with Crippen LogP contribution in [0.5, 0.6) is 0 Å². The van der Waals surface area contributed by atoms with E-state index in [0.717, 1.165) is 32.0 Å². The second kappa shape index (κ2) is 4.02. The first-order valence-corrected chi connectivity index (χ1v) is 5.43. The lowest BCUT2D eigenvalue weighted by atomic mass is 10.2. The Morgan fingerprint density at radius 1 is 1.12 bits per heavy atom. The number of hydrogen-bond donors (Lipinski definition) is 0. The molecule has 0 aliphatic carbocycles. The standard InChI is InChI=1S/C11H13N5/c1-2-4-10(5-3-1)8-15-6-7-16-11(9-15)12-13-14-16/h1-5H,6-9H2. The van der Waals surface area contributed by atoms with Crippen LogP contribution in [0.15, 0.2) is 30.3 Å². The van der Waals surface area contributed by atoms with Gasteiger partial charge >= 0.3 is 0 Å². The quantitative estimate of drug-likeness (QED) is 0.739. The monoisotopic (exact) mass is 215 g/mol. The van der Waals surface area contributed by atoms with Gasteiger partial charge in [-0.25, -0.2) is 4.68 Å². The normalized spacial score (nSPS) is 16.0. The molecule has 2 aromatic rings. The van der Waals surface area contributed by atoms with Gasteiger partial charge in [-0.15, -0.1) is 5.10 Å². The van der Waals surface area contributed by atoms with Crippen LogP contribution in [0.2, 0.25) is 0 Å². The van der Waals surface area contributed by atoms with Crippen LogP contribution in [0.1, 0.15) is 11.4 Å². The van der Waals surface area contributed by atoms with Crippen LogP contribution in [0.4, 0.5) is 0 Å². The van der Waals surface area contributed by atoms with Crippen LogP contribution in [0.25, 0.3) is 0 Å². The molecule has 1 aliphatic rings. The molecule has 1 aliphatic heterocycles. The Kier molecular flexibility index (Phi) is 2.38. The van der Waals surface area contributed by atoms with Gasteiger partial charge in [0.2, 0.25) is 0 Å². The van der Waals surface area contributed by atoms with Gasteiger partial charge in [0.05, 0.1) is 13.1 Å². The zero-order valence-corrected chi connectivity index (χ0v) is 8.95. The van der Waals surface area contributed by atoms with E-state index in [0.29, 0.717) is 0 Å². The molecule has 16 heavy (non-hydrogen) atoms. The number of aromatic nitrogens is 4. The minimum atomic E-state index is 0.835. The molecule has 1 aromatic heterocycles. The first kappa shape index (κ1) is 9.47. The van der Waals surface area contributed by atoms with Crippen molar-refractivity contribution in [2.75, 3.05) is 6.54 Å². The van der Waals surface area contributed by atoms with Crippen LogP contribution >= 0.6 is 0 Å². The van der Waals surface area contributed by atoms with Gasteiger partial charge < -0.3 is 0 Å². The molecule has 0 fully saturated rings. The van der Waals surface area contributed by atoms with E-state index in [4.69, 9.17) is 0 Å². The summed E-state index contributed by atoms with van der Waals surface area (Å²) >= 11 is 0. The number of fused-ring (bicyclic) bond motifs is 1. The van der Waals surface area contributed by atoms with E-state index >= 15 is 0 Å². The average Bonchev–Trinajstić information content (AvgIpc) is 2.77. The summed E-state index contributed by atoms with van der Waals surface area (Å²) in [6.45, 7) is 3.69. The van der Waals surface area contributed by atoms with E-state index < -0.39 is 0 Å². The van der Waals surface area contributed by atoms with Crippen LogP contribution in [0, 0.1) is 0 Å². The fourth-order valence-electron chi connectivity index (χ4n) is 2.00. The molecule has 0 bridgehead atoms. The van der Waals surface area contributed by atoms with Crippen LogP contribution in [0.3, 0.4) is 0 Å². The molecular formula is C11H13N5. The summed E-state index contributed by atoms with van der Waals surface area (Å²) in [6.07, 6.45) is 0. The van der Waals surface area contributed by atoms with E-state index in [2.05, 4.69) is 44.7 Å². The van der Waals surface area contributed by atoms with Crippen LogP contribution in [-0.2, 0) is 19.6 Å². The van der Waals surface area contributed by atoms with Crippen molar-refractivity contribution in [2.45, 2.75) is 19.6 Å². The van der Waals surface area contributed by atoms with Crippen molar-refractivity contribution in [1.82, 2.24) is 25.1 Å². The maximum atomic E-state index is 4.01. The van der Waals surface area contributed by atoms with Crippen molar-refractivity contribution in [1.29, 1.82) is 0 Å². The molecule has 0 spiro atoms.